The van der Waals surface area contributed by atoms with Crippen LogP contribution in [0.2, 0.25) is 5.02 Å². The van der Waals surface area contributed by atoms with E-state index in [1.807, 2.05) is 12.1 Å². The number of aromatic nitrogens is 3. The van der Waals surface area contributed by atoms with Gasteiger partial charge in [-0.15, -0.1) is 0 Å². The molecule has 4 heterocycles. The maximum atomic E-state index is 13.7. The molecule has 2 aromatic heterocycles. The van der Waals surface area contributed by atoms with Gasteiger partial charge in [0, 0.05) is 41.6 Å². The lowest BCUT2D eigenvalue weighted by molar-refractivity contribution is -0.138. The molecule has 2 aliphatic heterocycles. The van der Waals surface area contributed by atoms with Crippen molar-refractivity contribution in [1.29, 1.82) is 0 Å². The van der Waals surface area contributed by atoms with Crippen molar-refractivity contribution >= 4 is 40.0 Å². The molecular weight excluding hydrogens is 609 g/mol. The van der Waals surface area contributed by atoms with Gasteiger partial charge < -0.3 is 25.0 Å². The number of H-pyrrole nitrogens is 1. The Labute approximate surface area is 263 Å². The van der Waals surface area contributed by atoms with Gasteiger partial charge in [-0.1, -0.05) is 17.7 Å². The summed E-state index contributed by atoms with van der Waals surface area (Å²) in [5, 5.41) is 13.7. The number of nitrogens with one attached hydrogen (secondary N) is 3. The second-order valence-electron chi connectivity index (χ2n) is 11.6. The Kier molecular flexibility index (Phi) is 9.16. The number of amides is 1. The number of carbonyl (C=O) groups is 1. The van der Waals surface area contributed by atoms with E-state index >= 15 is 0 Å². The molecule has 45 heavy (non-hydrogen) atoms. The van der Waals surface area contributed by atoms with Crippen LogP contribution in [0.15, 0.2) is 48.5 Å². The molecule has 1 amide bonds. The number of aromatic amines is 1. The molecule has 2 saturated heterocycles. The third kappa shape index (κ3) is 7.34. The van der Waals surface area contributed by atoms with E-state index in [2.05, 4.69) is 43.8 Å². The van der Waals surface area contributed by atoms with Crippen LogP contribution in [0.5, 0.6) is 5.88 Å². The van der Waals surface area contributed by atoms with E-state index in [1.54, 1.807) is 6.07 Å². The minimum Gasteiger partial charge on any atom is -0.473 e. The van der Waals surface area contributed by atoms with Gasteiger partial charge in [-0.3, -0.25) is 9.89 Å². The topological polar surface area (TPSA) is 104 Å². The van der Waals surface area contributed by atoms with Crippen LogP contribution in [0.4, 0.5) is 24.7 Å². The number of nitrogens with zero attached hydrogens (tertiary/aromatic N) is 3. The van der Waals surface area contributed by atoms with Gasteiger partial charge in [0.1, 0.15) is 12.1 Å². The largest absolute Gasteiger partial charge is 0.473 e. The Balaban J connectivity index is 1.22. The summed E-state index contributed by atoms with van der Waals surface area (Å²) in [6, 6.07) is 12.6. The summed E-state index contributed by atoms with van der Waals surface area (Å²) in [7, 11) is 2.13. The number of rotatable bonds is 8. The van der Waals surface area contributed by atoms with Gasteiger partial charge in [-0.25, -0.2) is 4.98 Å². The van der Waals surface area contributed by atoms with Crippen molar-refractivity contribution in [3.8, 4) is 5.88 Å². The molecule has 0 unspecified atom stereocenters. The van der Waals surface area contributed by atoms with Gasteiger partial charge in [0.2, 0.25) is 5.88 Å². The van der Waals surface area contributed by atoms with Crippen molar-refractivity contribution in [2.75, 3.05) is 44.0 Å². The number of hydrogen-bond donors (Lipinski definition) is 3. The molecular formula is C32H34ClF3N6O3. The fourth-order valence-corrected chi connectivity index (χ4v) is 6.07. The van der Waals surface area contributed by atoms with Crippen molar-refractivity contribution in [2.45, 2.75) is 50.4 Å². The molecule has 2 fully saturated rings. The van der Waals surface area contributed by atoms with Gasteiger partial charge in [0.05, 0.1) is 16.6 Å². The number of piperidine rings is 1. The summed E-state index contributed by atoms with van der Waals surface area (Å²) >= 11 is 5.95. The SMILES string of the molecule is CN1CCC(c2ccc(C(=O)Nc3n[nH]c4ccc(OCc5cc(Cl)ccc5C(F)(F)F)nc34)c(NC3CCOCC3)c2)CC1. The molecule has 4 aromatic rings. The molecule has 238 valence electrons. The first-order valence-corrected chi connectivity index (χ1v) is 15.3. The van der Waals surface area contributed by atoms with E-state index in [1.165, 1.54) is 23.8 Å². The molecule has 0 bridgehead atoms. The molecule has 0 radical (unpaired) electrons. The smallest absolute Gasteiger partial charge is 0.416 e. The number of halogens is 4. The quantitative estimate of drug-likeness (QED) is 0.193. The number of anilines is 2. The number of fused-ring (bicyclic) bond motifs is 1. The molecule has 2 aliphatic rings. The second-order valence-corrected chi connectivity index (χ2v) is 12.0. The summed E-state index contributed by atoms with van der Waals surface area (Å²) in [5.74, 6) is 0.299. The van der Waals surface area contributed by atoms with E-state index in [0.717, 1.165) is 50.5 Å². The fraction of sp³-hybridized carbons (Fsp3) is 0.406. The van der Waals surface area contributed by atoms with Crippen LogP contribution in [0.3, 0.4) is 0 Å². The predicted molar refractivity (Wildman–Crippen MR) is 166 cm³/mol. The third-order valence-electron chi connectivity index (χ3n) is 8.42. The van der Waals surface area contributed by atoms with Gasteiger partial charge >= 0.3 is 6.18 Å². The lowest BCUT2D eigenvalue weighted by atomic mass is 9.88. The molecule has 0 aliphatic carbocycles. The van der Waals surface area contributed by atoms with E-state index < -0.39 is 18.3 Å². The van der Waals surface area contributed by atoms with Gasteiger partial charge in [0.15, 0.2) is 5.82 Å². The summed E-state index contributed by atoms with van der Waals surface area (Å²) in [4.78, 5) is 20.5. The summed E-state index contributed by atoms with van der Waals surface area (Å²) in [6.45, 7) is 2.99. The molecule has 6 rings (SSSR count). The van der Waals surface area contributed by atoms with Crippen molar-refractivity contribution in [2.24, 2.45) is 0 Å². The summed E-state index contributed by atoms with van der Waals surface area (Å²) in [5.41, 5.74) is 2.31. The third-order valence-corrected chi connectivity index (χ3v) is 8.66. The molecule has 9 nitrogen and oxygen atoms in total. The number of carbonyl (C=O) groups excluding carboxylic acids is 1. The van der Waals surface area contributed by atoms with Crippen LogP contribution >= 0.6 is 11.6 Å². The standard InChI is InChI=1S/C32H34ClF3N6O3/c1-42-12-8-19(9-13-42)20-2-4-24(27(17-20)37-23-10-14-44-15-11-23)31(43)39-30-29-26(40-41-30)6-7-28(38-29)45-18-21-16-22(33)3-5-25(21)32(34,35)36/h2-7,16-17,19,23,37H,8-15,18H2,1H3,(H2,39,40,41,43). The van der Waals surface area contributed by atoms with E-state index in [-0.39, 0.29) is 34.2 Å². The first-order valence-electron chi connectivity index (χ1n) is 15.0. The number of ether oxygens (including phenoxy) is 2. The monoisotopic (exact) mass is 642 g/mol. The van der Waals surface area contributed by atoms with E-state index in [0.29, 0.717) is 35.7 Å². The number of likely N-dealkylation sites (tertiary alicyclic amines) is 1. The summed E-state index contributed by atoms with van der Waals surface area (Å²) in [6.07, 6.45) is -0.760. The van der Waals surface area contributed by atoms with Crippen molar-refractivity contribution in [1.82, 2.24) is 20.1 Å². The first kappa shape index (κ1) is 31.1. The van der Waals surface area contributed by atoms with Crippen LogP contribution in [0, 0.1) is 0 Å². The number of pyridine rings is 1. The molecule has 2 aromatic carbocycles. The number of hydrogen-bond acceptors (Lipinski definition) is 7. The van der Waals surface area contributed by atoms with Crippen LogP contribution in [-0.2, 0) is 17.5 Å². The van der Waals surface area contributed by atoms with Crippen LogP contribution in [0.1, 0.15) is 58.6 Å². The van der Waals surface area contributed by atoms with E-state index in [4.69, 9.17) is 21.1 Å². The molecule has 0 saturated carbocycles. The van der Waals surface area contributed by atoms with Crippen LogP contribution < -0.4 is 15.4 Å². The maximum Gasteiger partial charge on any atom is 0.416 e. The predicted octanol–water partition coefficient (Wildman–Crippen LogP) is 6.86. The summed E-state index contributed by atoms with van der Waals surface area (Å²) < 4.78 is 51.7. The molecule has 0 spiro atoms. The molecule has 3 N–H and O–H groups in total. The Bertz CT molecular complexity index is 1670. The Morgan fingerprint density at radius 2 is 1.87 bits per heavy atom. The molecule has 0 atom stereocenters. The van der Waals surface area contributed by atoms with Gasteiger partial charge in [0.25, 0.3) is 5.91 Å². The molecule has 13 heteroatoms. The first-order chi connectivity index (χ1) is 21.6. The van der Waals surface area contributed by atoms with Crippen LogP contribution in [0.25, 0.3) is 11.0 Å². The van der Waals surface area contributed by atoms with Crippen molar-refractivity contribution < 1.29 is 27.4 Å². The second kappa shape index (κ2) is 13.2. The zero-order valence-electron chi connectivity index (χ0n) is 24.7. The normalized spacial score (nSPS) is 17.0. The Hall–Kier alpha value is -3.87. The average molecular weight is 643 g/mol. The zero-order valence-corrected chi connectivity index (χ0v) is 25.5. The highest BCUT2D eigenvalue weighted by molar-refractivity contribution is 6.30. The maximum absolute atomic E-state index is 13.7. The van der Waals surface area contributed by atoms with E-state index in [9.17, 15) is 18.0 Å². The lowest BCUT2D eigenvalue weighted by Crippen LogP contribution is -2.30. The minimum atomic E-state index is -4.56. The number of alkyl halides is 3. The van der Waals surface area contributed by atoms with Crippen molar-refractivity contribution in [3.05, 3.63) is 75.8 Å². The average Bonchev–Trinajstić information content (AvgIpc) is 3.42. The highest BCUT2D eigenvalue weighted by atomic mass is 35.5. The zero-order chi connectivity index (χ0) is 31.6. The van der Waals surface area contributed by atoms with Gasteiger partial charge in [-0.05, 0) is 93.7 Å². The highest BCUT2D eigenvalue weighted by Gasteiger charge is 2.33. The number of benzene rings is 2. The Morgan fingerprint density at radius 1 is 1.09 bits per heavy atom. The highest BCUT2D eigenvalue weighted by Crippen LogP contribution is 2.35. The Morgan fingerprint density at radius 3 is 2.62 bits per heavy atom. The van der Waals surface area contributed by atoms with Gasteiger partial charge in [-0.2, -0.15) is 18.3 Å². The minimum absolute atomic E-state index is 0.0665. The lowest BCUT2D eigenvalue weighted by Gasteiger charge is -2.30. The van der Waals surface area contributed by atoms with Crippen molar-refractivity contribution in [3.63, 3.8) is 0 Å². The van der Waals surface area contributed by atoms with Crippen LogP contribution in [-0.4, -0.2) is 65.4 Å². The fourth-order valence-electron chi connectivity index (χ4n) is 5.87.